The minimum absolute atomic E-state index is 0.0853. The maximum absolute atomic E-state index is 13.4. The van der Waals surface area contributed by atoms with Gasteiger partial charge in [-0.25, -0.2) is 4.39 Å². The van der Waals surface area contributed by atoms with Crippen molar-refractivity contribution in [1.29, 1.82) is 5.26 Å². The third-order valence-electron chi connectivity index (χ3n) is 2.39. The van der Waals surface area contributed by atoms with E-state index in [0.29, 0.717) is 5.69 Å². The van der Waals surface area contributed by atoms with Gasteiger partial charge in [0.1, 0.15) is 23.5 Å². The molecule has 19 heavy (non-hydrogen) atoms. The molecule has 1 atom stereocenters. The predicted molar refractivity (Wildman–Crippen MR) is 72.1 cm³/mol. The molecule has 4 nitrogen and oxygen atoms in total. The summed E-state index contributed by atoms with van der Waals surface area (Å²) in [7, 11) is 0. The van der Waals surface area contributed by atoms with Crippen LogP contribution in [-0.4, -0.2) is 17.5 Å². The largest absolute Gasteiger partial charge is 0.373 e. The van der Waals surface area contributed by atoms with Crippen LogP contribution < -0.4 is 10.6 Å². The van der Waals surface area contributed by atoms with Crippen LogP contribution in [0.2, 0.25) is 0 Å². The van der Waals surface area contributed by atoms with Crippen molar-refractivity contribution >= 4 is 11.6 Å². The van der Waals surface area contributed by atoms with Crippen LogP contribution in [0.3, 0.4) is 0 Å². The van der Waals surface area contributed by atoms with Gasteiger partial charge in [0, 0.05) is 5.54 Å². The van der Waals surface area contributed by atoms with E-state index in [1.54, 1.807) is 19.1 Å². The molecular weight excluding hydrogens is 245 g/mol. The molecule has 0 fully saturated rings. The molecule has 0 spiro atoms. The Bertz CT molecular complexity index is 514. The van der Waals surface area contributed by atoms with Crippen LogP contribution in [0.5, 0.6) is 0 Å². The monoisotopic (exact) mass is 263 g/mol. The number of nitrogens with zero attached hydrogens (tertiary/aromatic N) is 1. The predicted octanol–water partition coefficient (Wildman–Crippen LogP) is 2.41. The fourth-order valence-corrected chi connectivity index (χ4v) is 1.53. The molecule has 0 saturated carbocycles. The van der Waals surface area contributed by atoms with Gasteiger partial charge in [-0.1, -0.05) is 6.07 Å². The Morgan fingerprint density at radius 1 is 1.42 bits per heavy atom. The molecule has 1 aromatic carbocycles. The number of hydrogen-bond acceptors (Lipinski definition) is 3. The van der Waals surface area contributed by atoms with Crippen LogP contribution in [0.25, 0.3) is 0 Å². The summed E-state index contributed by atoms with van der Waals surface area (Å²) in [5.41, 5.74) is -0.107. The van der Waals surface area contributed by atoms with Gasteiger partial charge in [0.15, 0.2) is 0 Å². The first-order valence-corrected chi connectivity index (χ1v) is 6.02. The van der Waals surface area contributed by atoms with Crippen molar-refractivity contribution in [1.82, 2.24) is 5.32 Å². The summed E-state index contributed by atoms with van der Waals surface area (Å²) in [4.78, 5) is 11.9. The van der Waals surface area contributed by atoms with Crippen molar-refractivity contribution in [3.05, 3.63) is 29.6 Å². The molecular formula is C14H18FN3O. The second kappa shape index (κ2) is 5.70. The van der Waals surface area contributed by atoms with E-state index in [-0.39, 0.29) is 17.0 Å². The van der Waals surface area contributed by atoms with Crippen LogP contribution >= 0.6 is 0 Å². The van der Waals surface area contributed by atoms with Crippen molar-refractivity contribution in [2.45, 2.75) is 39.3 Å². The molecule has 5 heteroatoms. The zero-order valence-corrected chi connectivity index (χ0v) is 11.5. The lowest BCUT2D eigenvalue weighted by atomic mass is 10.1. The van der Waals surface area contributed by atoms with E-state index in [4.69, 9.17) is 5.26 Å². The number of nitrogens with one attached hydrogen (secondary N) is 2. The van der Waals surface area contributed by atoms with E-state index >= 15 is 0 Å². The smallest absolute Gasteiger partial charge is 0.242 e. The first-order valence-electron chi connectivity index (χ1n) is 6.02. The van der Waals surface area contributed by atoms with E-state index in [0.717, 1.165) is 0 Å². The van der Waals surface area contributed by atoms with Crippen LogP contribution in [0.15, 0.2) is 18.2 Å². The highest BCUT2D eigenvalue weighted by molar-refractivity contribution is 5.85. The van der Waals surface area contributed by atoms with Crippen LogP contribution in [0, 0.1) is 17.1 Å². The summed E-state index contributed by atoms with van der Waals surface area (Å²) in [5, 5.41) is 14.6. The SMILES string of the molecule is CC(Nc1cccc(F)c1C#N)C(=O)NC(C)(C)C. The number of carbonyl (C=O) groups is 1. The van der Waals surface area contributed by atoms with Gasteiger partial charge in [-0.3, -0.25) is 4.79 Å². The summed E-state index contributed by atoms with van der Waals surface area (Å²) in [6.07, 6.45) is 0. The highest BCUT2D eigenvalue weighted by Crippen LogP contribution is 2.18. The number of anilines is 1. The molecule has 1 amide bonds. The van der Waals surface area contributed by atoms with Crippen LogP contribution in [0.1, 0.15) is 33.3 Å². The van der Waals surface area contributed by atoms with Gasteiger partial charge < -0.3 is 10.6 Å². The molecule has 1 aromatic rings. The van der Waals surface area contributed by atoms with Crippen molar-refractivity contribution in [3.63, 3.8) is 0 Å². The van der Waals surface area contributed by atoms with Crippen molar-refractivity contribution < 1.29 is 9.18 Å². The number of amides is 1. The third-order valence-corrected chi connectivity index (χ3v) is 2.39. The number of benzene rings is 1. The summed E-state index contributed by atoms with van der Waals surface area (Å²) in [5.74, 6) is -0.809. The first kappa shape index (κ1) is 15.0. The molecule has 0 saturated heterocycles. The molecule has 0 bridgehead atoms. The lowest BCUT2D eigenvalue weighted by Crippen LogP contribution is -2.47. The van der Waals surface area contributed by atoms with E-state index in [1.807, 2.05) is 20.8 Å². The van der Waals surface area contributed by atoms with Gasteiger partial charge in [0.25, 0.3) is 0 Å². The fraction of sp³-hybridized carbons (Fsp3) is 0.429. The molecule has 0 radical (unpaired) electrons. The summed E-state index contributed by atoms with van der Waals surface area (Å²) < 4.78 is 13.4. The number of hydrogen-bond donors (Lipinski definition) is 2. The Labute approximate surface area is 112 Å². The maximum atomic E-state index is 13.4. The van der Waals surface area contributed by atoms with Gasteiger partial charge in [0.2, 0.25) is 5.91 Å². The van der Waals surface area contributed by atoms with E-state index in [1.165, 1.54) is 12.1 Å². The second-order valence-electron chi connectivity index (χ2n) is 5.38. The van der Waals surface area contributed by atoms with Crippen molar-refractivity contribution in [2.75, 3.05) is 5.32 Å². The van der Waals surface area contributed by atoms with Gasteiger partial charge in [-0.05, 0) is 39.8 Å². The number of carbonyl (C=O) groups excluding carboxylic acids is 1. The average Bonchev–Trinajstić information content (AvgIpc) is 2.27. The Hall–Kier alpha value is -2.09. The quantitative estimate of drug-likeness (QED) is 0.880. The zero-order chi connectivity index (χ0) is 14.6. The molecule has 0 aliphatic rings. The third kappa shape index (κ3) is 4.25. The zero-order valence-electron chi connectivity index (χ0n) is 11.5. The molecule has 1 unspecified atom stereocenters. The molecule has 102 valence electrons. The van der Waals surface area contributed by atoms with E-state index < -0.39 is 11.9 Å². The molecule has 0 heterocycles. The number of nitriles is 1. The highest BCUT2D eigenvalue weighted by Gasteiger charge is 2.20. The molecule has 0 aliphatic heterocycles. The minimum atomic E-state index is -0.601. The van der Waals surface area contributed by atoms with Crippen LogP contribution in [-0.2, 0) is 4.79 Å². The highest BCUT2D eigenvalue weighted by atomic mass is 19.1. The second-order valence-corrected chi connectivity index (χ2v) is 5.38. The standard InChI is InChI=1S/C14H18FN3O/c1-9(13(19)18-14(2,3)4)17-12-7-5-6-11(15)10(12)8-16/h5-7,9,17H,1-4H3,(H,18,19). The topological polar surface area (TPSA) is 64.9 Å². The van der Waals surface area contributed by atoms with Crippen LogP contribution in [0.4, 0.5) is 10.1 Å². The Morgan fingerprint density at radius 3 is 2.58 bits per heavy atom. The van der Waals surface area contributed by atoms with Gasteiger partial charge in [-0.2, -0.15) is 5.26 Å². The number of rotatable bonds is 3. The fourth-order valence-electron chi connectivity index (χ4n) is 1.53. The summed E-state index contributed by atoms with van der Waals surface area (Å²) >= 11 is 0. The molecule has 0 aromatic heterocycles. The molecule has 1 rings (SSSR count). The van der Waals surface area contributed by atoms with E-state index in [9.17, 15) is 9.18 Å². The average molecular weight is 263 g/mol. The Balaban J connectivity index is 2.84. The van der Waals surface area contributed by atoms with Gasteiger partial charge in [-0.15, -0.1) is 0 Å². The lowest BCUT2D eigenvalue weighted by Gasteiger charge is -2.24. The number of halogens is 1. The molecule has 0 aliphatic carbocycles. The Morgan fingerprint density at radius 2 is 2.05 bits per heavy atom. The normalized spacial score (nSPS) is 12.4. The van der Waals surface area contributed by atoms with Gasteiger partial charge >= 0.3 is 0 Å². The van der Waals surface area contributed by atoms with Gasteiger partial charge in [0.05, 0.1) is 5.69 Å². The van der Waals surface area contributed by atoms with Crippen molar-refractivity contribution in [3.8, 4) is 6.07 Å². The molecule has 2 N–H and O–H groups in total. The lowest BCUT2D eigenvalue weighted by molar-refractivity contribution is -0.122. The first-order chi connectivity index (χ1) is 8.74. The van der Waals surface area contributed by atoms with E-state index in [2.05, 4.69) is 10.6 Å². The summed E-state index contributed by atoms with van der Waals surface area (Å²) in [6, 6.07) is 5.50. The summed E-state index contributed by atoms with van der Waals surface area (Å²) in [6.45, 7) is 7.29. The Kier molecular flexibility index (Phi) is 4.49. The van der Waals surface area contributed by atoms with Crippen molar-refractivity contribution in [2.24, 2.45) is 0 Å². The minimum Gasteiger partial charge on any atom is -0.373 e. The maximum Gasteiger partial charge on any atom is 0.242 e.